The Balaban J connectivity index is 0.00000220. The molecule has 5 heteroatoms. The maximum Gasteiger partial charge on any atom is 0.232 e. The number of rotatable bonds is 4. The van der Waals surface area contributed by atoms with Crippen molar-refractivity contribution in [1.82, 2.24) is 4.90 Å². The number of nitrogens with zero attached hydrogens (tertiary/aromatic N) is 1. The molecular weight excluding hydrogens is 304 g/mol. The number of halogens is 1. The van der Waals surface area contributed by atoms with Gasteiger partial charge in [-0.3, -0.25) is 4.79 Å². The van der Waals surface area contributed by atoms with Gasteiger partial charge < -0.3 is 10.6 Å². The summed E-state index contributed by atoms with van der Waals surface area (Å²) >= 11 is 1.64. The van der Waals surface area contributed by atoms with Crippen LogP contribution in [0.4, 0.5) is 0 Å². The molecule has 118 valence electrons. The number of amides is 1. The Kier molecular flexibility index (Phi) is 6.57. The maximum absolute atomic E-state index is 12.3. The lowest BCUT2D eigenvalue weighted by atomic mass is 9.90. The van der Waals surface area contributed by atoms with Crippen molar-refractivity contribution < 1.29 is 4.79 Å². The van der Waals surface area contributed by atoms with E-state index in [-0.39, 0.29) is 23.7 Å². The van der Waals surface area contributed by atoms with Gasteiger partial charge in [-0.25, -0.2) is 0 Å². The molecule has 21 heavy (non-hydrogen) atoms. The number of nitrogens with two attached hydrogens (primary N) is 1. The number of likely N-dealkylation sites (tertiary alicyclic amines) is 1. The average Bonchev–Trinajstić information content (AvgIpc) is 2.81. The SMILES string of the molecule is Cc1ccc(SCC(=O)N2CCC(C)(CN)C2)c(C)c1.Cl. The molecule has 1 aromatic carbocycles. The Morgan fingerprint density at radius 2 is 2.14 bits per heavy atom. The molecule has 0 saturated carbocycles. The van der Waals surface area contributed by atoms with E-state index in [2.05, 4.69) is 39.0 Å². The van der Waals surface area contributed by atoms with E-state index in [1.54, 1.807) is 11.8 Å². The Morgan fingerprint density at radius 3 is 2.71 bits per heavy atom. The van der Waals surface area contributed by atoms with Crippen LogP contribution in [0.5, 0.6) is 0 Å². The highest BCUT2D eigenvalue weighted by Gasteiger charge is 2.34. The van der Waals surface area contributed by atoms with Crippen LogP contribution in [0.1, 0.15) is 24.5 Å². The zero-order valence-electron chi connectivity index (χ0n) is 13.0. The Hall–Kier alpha value is -0.710. The van der Waals surface area contributed by atoms with E-state index < -0.39 is 0 Å². The van der Waals surface area contributed by atoms with Crippen LogP contribution in [-0.2, 0) is 4.79 Å². The van der Waals surface area contributed by atoms with Gasteiger partial charge in [0.1, 0.15) is 0 Å². The Bertz CT molecular complexity index is 509. The highest BCUT2D eigenvalue weighted by Crippen LogP contribution is 2.30. The Labute approximate surface area is 138 Å². The van der Waals surface area contributed by atoms with Crippen LogP contribution in [0.15, 0.2) is 23.1 Å². The van der Waals surface area contributed by atoms with Crippen molar-refractivity contribution in [3.05, 3.63) is 29.3 Å². The van der Waals surface area contributed by atoms with Gasteiger partial charge in [0.05, 0.1) is 5.75 Å². The molecule has 1 heterocycles. The van der Waals surface area contributed by atoms with Crippen LogP contribution in [-0.4, -0.2) is 36.2 Å². The molecule has 1 saturated heterocycles. The minimum absolute atomic E-state index is 0. The number of benzene rings is 1. The van der Waals surface area contributed by atoms with Gasteiger partial charge in [0.2, 0.25) is 5.91 Å². The highest BCUT2D eigenvalue weighted by molar-refractivity contribution is 8.00. The molecule has 1 atom stereocenters. The van der Waals surface area contributed by atoms with Gasteiger partial charge in [-0.15, -0.1) is 24.2 Å². The molecule has 0 aliphatic carbocycles. The molecule has 3 nitrogen and oxygen atoms in total. The molecule has 2 N–H and O–H groups in total. The minimum Gasteiger partial charge on any atom is -0.341 e. The van der Waals surface area contributed by atoms with Crippen LogP contribution in [0.2, 0.25) is 0 Å². The quantitative estimate of drug-likeness (QED) is 0.864. The zero-order valence-corrected chi connectivity index (χ0v) is 14.6. The third-order valence-corrected chi connectivity index (χ3v) is 5.25. The van der Waals surface area contributed by atoms with Gasteiger partial charge in [-0.05, 0) is 43.9 Å². The predicted molar refractivity (Wildman–Crippen MR) is 92.2 cm³/mol. The lowest BCUT2D eigenvalue weighted by molar-refractivity contribution is -0.127. The van der Waals surface area contributed by atoms with Crippen molar-refractivity contribution in [2.75, 3.05) is 25.4 Å². The van der Waals surface area contributed by atoms with Gasteiger partial charge in [0.25, 0.3) is 0 Å². The summed E-state index contributed by atoms with van der Waals surface area (Å²) in [4.78, 5) is 15.4. The lowest BCUT2D eigenvalue weighted by Crippen LogP contribution is -2.35. The third-order valence-electron chi connectivity index (χ3n) is 4.08. The summed E-state index contributed by atoms with van der Waals surface area (Å²) in [6.07, 6.45) is 1.02. The van der Waals surface area contributed by atoms with Crippen molar-refractivity contribution in [3.8, 4) is 0 Å². The molecule has 1 fully saturated rings. The summed E-state index contributed by atoms with van der Waals surface area (Å²) in [5.41, 5.74) is 8.40. The first-order chi connectivity index (χ1) is 9.43. The fraction of sp³-hybridized carbons (Fsp3) is 0.562. The van der Waals surface area contributed by atoms with E-state index in [4.69, 9.17) is 5.73 Å². The largest absolute Gasteiger partial charge is 0.341 e. The summed E-state index contributed by atoms with van der Waals surface area (Å²) in [6, 6.07) is 6.37. The minimum atomic E-state index is 0. The van der Waals surface area contributed by atoms with Gasteiger partial charge >= 0.3 is 0 Å². The summed E-state index contributed by atoms with van der Waals surface area (Å²) < 4.78 is 0. The number of thioether (sulfide) groups is 1. The van der Waals surface area contributed by atoms with Gasteiger partial charge in [0, 0.05) is 18.0 Å². The number of aryl methyl sites for hydroxylation is 2. The second kappa shape index (κ2) is 7.52. The molecule has 0 aromatic heterocycles. The molecule has 1 aliphatic rings. The normalized spacial score (nSPS) is 21.2. The van der Waals surface area contributed by atoms with Crippen molar-refractivity contribution in [2.24, 2.45) is 11.1 Å². The van der Waals surface area contributed by atoms with Crippen molar-refractivity contribution >= 4 is 30.1 Å². The molecule has 0 bridgehead atoms. The summed E-state index contributed by atoms with van der Waals surface area (Å²) in [6.45, 7) is 8.65. The van der Waals surface area contributed by atoms with E-state index in [1.165, 1.54) is 16.0 Å². The summed E-state index contributed by atoms with van der Waals surface area (Å²) in [7, 11) is 0. The van der Waals surface area contributed by atoms with E-state index in [1.807, 2.05) is 4.90 Å². The van der Waals surface area contributed by atoms with Gasteiger partial charge in [-0.1, -0.05) is 24.6 Å². The zero-order chi connectivity index (χ0) is 14.8. The number of hydrogen-bond acceptors (Lipinski definition) is 3. The van der Waals surface area contributed by atoms with Crippen molar-refractivity contribution in [1.29, 1.82) is 0 Å². The van der Waals surface area contributed by atoms with Crippen LogP contribution in [0, 0.1) is 19.3 Å². The first-order valence-corrected chi connectivity index (χ1v) is 8.10. The summed E-state index contributed by atoms with van der Waals surface area (Å²) in [5, 5.41) is 0. The molecular formula is C16H25ClN2OS. The second-order valence-electron chi connectivity index (χ2n) is 6.14. The van der Waals surface area contributed by atoms with Crippen LogP contribution in [0.25, 0.3) is 0 Å². The fourth-order valence-corrected chi connectivity index (χ4v) is 3.51. The highest BCUT2D eigenvalue weighted by atomic mass is 35.5. The molecule has 1 aromatic rings. The van der Waals surface area contributed by atoms with E-state index in [0.717, 1.165) is 19.5 Å². The maximum atomic E-state index is 12.3. The molecule has 0 radical (unpaired) electrons. The van der Waals surface area contributed by atoms with E-state index in [0.29, 0.717) is 12.3 Å². The van der Waals surface area contributed by atoms with Crippen LogP contribution in [0.3, 0.4) is 0 Å². The number of hydrogen-bond donors (Lipinski definition) is 1. The lowest BCUT2D eigenvalue weighted by Gasteiger charge is -2.22. The first kappa shape index (κ1) is 18.3. The molecule has 1 unspecified atom stereocenters. The van der Waals surface area contributed by atoms with Gasteiger partial charge in [0.15, 0.2) is 0 Å². The van der Waals surface area contributed by atoms with Crippen LogP contribution < -0.4 is 5.73 Å². The standard InChI is InChI=1S/C16H24N2OS.ClH/c1-12-4-5-14(13(2)8-12)20-9-15(19)18-7-6-16(3,10-17)11-18;/h4-5,8H,6-7,9-11,17H2,1-3H3;1H. The smallest absolute Gasteiger partial charge is 0.232 e. The topological polar surface area (TPSA) is 46.3 Å². The van der Waals surface area contributed by atoms with Crippen molar-refractivity contribution in [3.63, 3.8) is 0 Å². The first-order valence-electron chi connectivity index (χ1n) is 7.11. The fourth-order valence-electron chi connectivity index (χ4n) is 2.60. The van der Waals surface area contributed by atoms with E-state index in [9.17, 15) is 4.79 Å². The average molecular weight is 329 g/mol. The molecule has 2 rings (SSSR count). The summed E-state index contributed by atoms with van der Waals surface area (Å²) in [5.74, 6) is 0.747. The second-order valence-corrected chi connectivity index (χ2v) is 7.15. The molecule has 1 amide bonds. The number of carbonyl (C=O) groups is 1. The molecule has 0 spiro atoms. The van der Waals surface area contributed by atoms with E-state index >= 15 is 0 Å². The number of carbonyl (C=O) groups excluding carboxylic acids is 1. The monoisotopic (exact) mass is 328 g/mol. The van der Waals surface area contributed by atoms with Gasteiger partial charge in [-0.2, -0.15) is 0 Å². The third kappa shape index (κ3) is 4.63. The molecule has 1 aliphatic heterocycles. The predicted octanol–water partition coefficient (Wildman–Crippen LogP) is 3.01. The van der Waals surface area contributed by atoms with Crippen molar-refractivity contribution in [2.45, 2.75) is 32.1 Å². The van der Waals surface area contributed by atoms with Crippen LogP contribution >= 0.6 is 24.2 Å². The Morgan fingerprint density at radius 1 is 1.43 bits per heavy atom.